The van der Waals surface area contributed by atoms with Crippen LogP contribution in [-0.4, -0.2) is 43.8 Å². The van der Waals surface area contributed by atoms with Gasteiger partial charge in [-0.05, 0) is 62.3 Å². The highest BCUT2D eigenvalue weighted by Gasteiger charge is 2.42. The molecule has 1 amide bonds. The molecule has 3 aromatic rings. The highest BCUT2D eigenvalue weighted by Crippen LogP contribution is 2.48. The molecule has 0 aliphatic heterocycles. The molecule has 1 aliphatic carbocycles. The number of aromatic nitrogens is 4. The van der Waals surface area contributed by atoms with Gasteiger partial charge in [-0.3, -0.25) is 9.78 Å². The highest BCUT2D eigenvalue weighted by molar-refractivity contribution is 5.92. The summed E-state index contributed by atoms with van der Waals surface area (Å²) in [5.74, 6) is -1.44. The third-order valence-corrected chi connectivity index (χ3v) is 6.81. The second-order valence-corrected chi connectivity index (χ2v) is 9.70. The first-order valence-electron chi connectivity index (χ1n) is 11.7. The molecule has 7 nitrogen and oxygen atoms in total. The average Bonchev–Trinajstić information content (AvgIpc) is 2.84. The summed E-state index contributed by atoms with van der Waals surface area (Å²) in [6, 6.07) is 5.03. The molecule has 0 radical (unpaired) electrons. The minimum absolute atomic E-state index is 0.118. The predicted molar refractivity (Wildman–Crippen MR) is 127 cm³/mol. The third-order valence-electron chi connectivity index (χ3n) is 6.81. The van der Waals surface area contributed by atoms with Gasteiger partial charge < -0.3 is 10.4 Å². The number of carbonyl (C=O) groups is 1. The summed E-state index contributed by atoms with van der Waals surface area (Å²) in [6.07, 6.45) is 4.48. The zero-order valence-corrected chi connectivity index (χ0v) is 20.2. The molecule has 0 unspecified atom stereocenters. The van der Waals surface area contributed by atoms with Crippen molar-refractivity contribution < 1.29 is 18.7 Å². The monoisotopic (exact) mass is 481 g/mol. The number of hydrogen-bond acceptors (Lipinski definition) is 6. The average molecular weight is 482 g/mol. The van der Waals surface area contributed by atoms with Crippen LogP contribution in [0.1, 0.15) is 73.9 Å². The van der Waals surface area contributed by atoms with Crippen molar-refractivity contribution in [3.05, 3.63) is 70.9 Å². The highest BCUT2D eigenvalue weighted by atomic mass is 19.1. The number of nitrogens with zero attached hydrogens (tertiary/aromatic N) is 4. The Kier molecular flexibility index (Phi) is 6.89. The maximum absolute atomic E-state index is 14.5. The topological polar surface area (TPSA) is 101 Å². The van der Waals surface area contributed by atoms with E-state index in [4.69, 9.17) is 0 Å². The van der Waals surface area contributed by atoms with Crippen LogP contribution in [-0.2, 0) is 5.41 Å². The number of rotatable bonds is 6. The quantitative estimate of drug-likeness (QED) is 0.548. The number of carbonyl (C=O) groups excluding carboxylic acids is 1. The molecule has 35 heavy (non-hydrogen) atoms. The normalized spacial score (nSPS) is 20.4. The molecule has 9 heteroatoms. The van der Waals surface area contributed by atoms with Crippen molar-refractivity contribution in [1.82, 2.24) is 25.5 Å². The van der Waals surface area contributed by atoms with Crippen LogP contribution < -0.4 is 5.32 Å². The Labute approximate surface area is 203 Å². The number of nitrogens with one attached hydrogen (secondary N) is 1. The summed E-state index contributed by atoms with van der Waals surface area (Å²) in [4.78, 5) is 21.4. The van der Waals surface area contributed by atoms with Crippen LogP contribution in [0.5, 0.6) is 0 Å². The molecule has 2 aromatic heterocycles. The van der Waals surface area contributed by atoms with Gasteiger partial charge in [-0.25, -0.2) is 13.8 Å². The molecular formula is C26H29F2N5O2. The van der Waals surface area contributed by atoms with Crippen molar-refractivity contribution in [3.8, 4) is 11.3 Å². The van der Waals surface area contributed by atoms with Gasteiger partial charge in [0.25, 0.3) is 5.91 Å². The van der Waals surface area contributed by atoms with Gasteiger partial charge in [0.2, 0.25) is 0 Å². The SMILES string of the molecule is CC(C)[C@H]1CC[C@](C)(c2cncc(C(=O)N[C@H](C)CO)n2)c2nnc(-c3c(F)cccc3F)cc21. The van der Waals surface area contributed by atoms with E-state index >= 15 is 0 Å². The van der Waals surface area contributed by atoms with E-state index in [9.17, 15) is 18.7 Å². The number of hydrogen-bond donors (Lipinski definition) is 2. The van der Waals surface area contributed by atoms with Gasteiger partial charge in [0.1, 0.15) is 17.3 Å². The molecule has 0 bridgehead atoms. The van der Waals surface area contributed by atoms with Gasteiger partial charge in [0.15, 0.2) is 0 Å². The standard InChI is InChI=1S/C26H29F2N5O2/c1-14(2)16-8-9-26(4,22-12-29-11-21(31-22)25(35)30-15(3)13-34)24-17(16)10-20(32-33-24)23-18(27)6-5-7-19(23)28/h5-7,10-12,14-16,34H,8-9,13H2,1-4H3,(H,30,35)/t15-,16-,26-/m1/s1. The summed E-state index contributed by atoms with van der Waals surface area (Å²) < 4.78 is 29.0. The van der Waals surface area contributed by atoms with Crippen LogP contribution in [0.15, 0.2) is 36.7 Å². The Morgan fingerprint density at radius 2 is 1.91 bits per heavy atom. The summed E-state index contributed by atoms with van der Waals surface area (Å²) in [5, 5.41) is 20.6. The van der Waals surface area contributed by atoms with Crippen LogP contribution in [0.4, 0.5) is 8.78 Å². The molecular weight excluding hydrogens is 452 g/mol. The molecule has 1 aliphatic rings. The predicted octanol–water partition coefficient (Wildman–Crippen LogP) is 4.16. The van der Waals surface area contributed by atoms with Crippen LogP contribution in [0.25, 0.3) is 11.3 Å². The van der Waals surface area contributed by atoms with E-state index < -0.39 is 29.0 Å². The lowest BCUT2D eigenvalue weighted by molar-refractivity contribution is 0.0916. The lowest BCUT2D eigenvalue weighted by Crippen LogP contribution is -2.37. The van der Waals surface area contributed by atoms with E-state index in [1.807, 2.05) is 6.92 Å². The summed E-state index contributed by atoms with van der Waals surface area (Å²) in [7, 11) is 0. The number of benzene rings is 1. The van der Waals surface area contributed by atoms with Gasteiger partial charge in [0, 0.05) is 12.2 Å². The number of amides is 1. The van der Waals surface area contributed by atoms with E-state index in [1.165, 1.54) is 24.4 Å². The van der Waals surface area contributed by atoms with E-state index in [0.717, 1.165) is 12.0 Å². The molecule has 0 fully saturated rings. The fraction of sp³-hybridized carbons (Fsp3) is 0.423. The Morgan fingerprint density at radius 3 is 2.57 bits per heavy atom. The summed E-state index contributed by atoms with van der Waals surface area (Å²) in [5.41, 5.74) is 1.47. The molecule has 1 aromatic carbocycles. The van der Waals surface area contributed by atoms with Crippen molar-refractivity contribution in [2.45, 2.75) is 57.9 Å². The van der Waals surface area contributed by atoms with E-state index in [-0.39, 0.29) is 35.4 Å². The van der Waals surface area contributed by atoms with Crippen molar-refractivity contribution >= 4 is 5.91 Å². The number of aliphatic hydroxyl groups excluding tert-OH is 1. The lowest BCUT2D eigenvalue weighted by atomic mass is 9.66. The Bertz CT molecular complexity index is 1230. The van der Waals surface area contributed by atoms with Crippen LogP contribution in [0, 0.1) is 17.6 Å². The molecule has 2 N–H and O–H groups in total. The second kappa shape index (κ2) is 9.73. The van der Waals surface area contributed by atoms with Crippen LogP contribution in [0.3, 0.4) is 0 Å². The number of aliphatic hydroxyl groups is 1. The maximum atomic E-state index is 14.5. The largest absolute Gasteiger partial charge is 0.394 e. The first-order valence-corrected chi connectivity index (χ1v) is 11.7. The van der Waals surface area contributed by atoms with Gasteiger partial charge in [0.05, 0.1) is 40.9 Å². The number of halogens is 2. The minimum atomic E-state index is -0.702. The van der Waals surface area contributed by atoms with E-state index in [2.05, 4.69) is 39.3 Å². The molecule has 0 saturated heterocycles. The number of fused-ring (bicyclic) bond motifs is 1. The third kappa shape index (κ3) is 4.65. The fourth-order valence-corrected chi connectivity index (χ4v) is 4.73. The zero-order chi connectivity index (χ0) is 25.3. The van der Waals surface area contributed by atoms with Crippen LogP contribution in [0.2, 0.25) is 0 Å². The van der Waals surface area contributed by atoms with Crippen molar-refractivity contribution in [1.29, 1.82) is 0 Å². The Morgan fingerprint density at radius 1 is 1.20 bits per heavy atom. The molecule has 4 rings (SSSR count). The summed E-state index contributed by atoms with van der Waals surface area (Å²) >= 11 is 0. The molecule has 184 valence electrons. The second-order valence-electron chi connectivity index (χ2n) is 9.70. The van der Waals surface area contributed by atoms with E-state index in [1.54, 1.807) is 19.2 Å². The molecule has 3 atom stereocenters. The van der Waals surface area contributed by atoms with Crippen molar-refractivity contribution in [2.75, 3.05) is 6.61 Å². The van der Waals surface area contributed by atoms with Gasteiger partial charge in [-0.15, -0.1) is 5.10 Å². The van der Waals surface area contributed by atoms with Crippen molar-refractivity contribution in [3.63, 3.8) is 0 Å². The van der Waals surface area contributed by atoms with Gasteiger partial charge >= 0.3 is 0 Å². The first-order chi connectivity index (χ1) is 16.7. The van der Waals surface area contributed by atoms with Gasteiger partial charge in [-0.2, -0.15) is 5.10 Å². The zero-order valence-electron chi connectivity index (χ0n) is 20.2. The van der Waals surface area contributed by atoms with Crippen LogP contribution >= 0.6 is 0 Å². The molecule has 0 spiro atoms. The fourth-order valence-electron chi connectivity index (χ4n) is 4.73. The molecule has 2 heterocycles. The minimum Gasteiger partial charge on any atom is -0.394 e. The molecule has 0 saturated carbocycles. The first kappa shape index (κ1) is 24.8. The Balaban J connectivity index is 1.81. The van der Waals surface area contributed by atoms with Crippen molar-refractivity contribution in [2.24, 2.45) is 5.92 Å². The Hall–Kier alpha value is -3.33. The summed E-state index contributed by atoms with van der Waals surface area (Å²) in [6.45, 7) is 7.68. The maximum Gasteiger partial charge on any atom is 0.271 e. The van der Waals surface area contributed by atoms with E-state index in [0.29, 0.717) is 17.8 Å². The van der Waals surface area contributed by atoms with Gasteiger partial charge in [-0.1, -0.05) is 19.9 Å². The lowest BCUT2D eigenvalue weighted by Gasteiger charge is -2.39. The smallest absolute Gasteiger partial charge is 0.271 e.